The van der Waals surface area contributed by atoms with Gasteiger partial charge in [-0.2, -0.15) is 0 Å². The number of sulfone groups is 1. The van der Waals surface area contributed by atoms with Gasteiger partial charge in [0.05, 0.1) is 17.6 Å². The number of rotatable bonds is 2. The monoisotopic (exact) mass is 176 g/mol. The number of aliphatic hydroxyl groups is 1. The first-order chi connectivity index (χ1) is 5.17. The summed E-state index contributed by atoms with van der Waals surface area (Å²) in [5, 5.41) is 8.08. The summed E-state index contributed by atoms with van der Waals surface area (Å²) in [6.07, 6.45) is 4.54. The minimum atomic E-state index is -2.86. The van der Waals surface area contributed by atoms with Crippen LogP contribution in [0.4, 0.5) is 0 Å². The first kappa shape index (κ1) is 8.74. The molecule has 0 aromatic carbocycles. The molecule has 1 atom stereocenters. The van der Waals surface area contributed by atoms with Crippen molar-refractivity contribution < 1.29 is 13.5 Å². The standard InChI is InChI=1S/C7H12O3S/c8-5-1-3-7-4-2-6-11(7,9)10/h1,3,7-8H,2,4-6H2/b3-1-. The first-order valence-corrected chi connectivity index (χ1v) is 5.37. The van der Waals surface area contributed by atoms with E-state index in [1.165, 1.54) is 6.08 Å². The summed E-state index contributed by atoms with van der Waals surface area (Å²) in [7, 11) is -2.86. The summed E-state index contributed by atoms with van der Waals surface area (Å²) in [6, 6.07) is 0. The van der Waals surface area contributed by atoms with E-state index in [9.17, 15) is 8.42 Å². The van der Waals surface area contributed by atoms with Crippen LogP contribution in [0.1, 0.15) is 12.8 Å². The van der Waals surface area contributed by atoms with Crippen LogP contribution in [-0.2, 0) is 9.84 Å². The lowest BCUT2D eigenvalue weighted by Gasteiger charge is -2.00. The Balaban J connectivity index is 2.66. The zero-order valence-electron chi connectivity index (χ0n) is 6.23. The summed E-state index contributed by atoms with van der Waals surface area (Å²) < 4.78 is 22.3. The van der Waals surface area contributed by atoms with Gasteiger partial charge in [0.25, 0.3) is 0 Å². The molecule has 4 heteroatoms. The molecule has 3 nitrogen and oxygen atoms in total. The molecular weight excluding hydrogens is 164 g/mol. The van der Waals surface area contributed by atoms with E-state index in [1.54, 1.807) is 6.08 Å². The lowest BCUT2D eigenvalue weighted by Crippen LogP contribution is -2.12. The predicted octanol–water partition coefficient (Wildman–Crippen LogP) is 0.112. The molecule has 0 amide bonds. The highest BCUT2D eigenvalue weighted by Gasteiger charge is 2.28. The minimum Gasteiger partial charge on any atom is -0.392 e. The van der Waals surface area contributed by atoms with Crippen molar-refractivity contribution in [3.63, 3.8) is 0 Å². The van der Waals surface area contributed by atoms with Gasteiger partial charge < -0.3 is 5.11 Å². The van der Waals surface area contributed by atoms with E-state index in [4.69, 9.17) is 5.11 Å². The fourth-order valence-corrected chi connectivity index (χ4v) is 2.99. The van der Waals surface area contributed by atoms with E-state index in [0.717, 1.165) is 6.42 Å². The normalized spacial score (nSPS) is 29.7. The quantitative estimate of drug-likeness (QED) is 0.608. The van der Waals surface area contributed by atoms with Gasteiger partial charge in [-0.15, -0.1) is 0 Å². The summed E-state index contributed by atoms with van der Waals surface area (Å²) in [5.41, 5.74) is 0. The van der Waals surface area contributed by atoms with Crippen LogP contribution in [0.25, 0.3) is 0 Å². The Hall–Kier alpha value is -0.350. The maximum Gasteiger partial charge on any atom is 0.156 e. The molecule has 0 bridgehead atoms. The topological polar surface area (TPSA) is 54.4 Å². The molecule has 0 aromatic heterocycles. The Kier molecular flexibility index (Phi) is 2.67. The van der Waals surface area contributed by atoms with Gasteiger partial charge in [-0.3, -0.25) is 0 Å². The van der Waals surface area contributed by atoms with E-state index in [2.05, 4.69) is 0 Å². The van der Waals surface area contributed by atoms with E-state index in [-0.39, 0.29) is 11.9 Å². The Labute approximate surface area is 66.7 Å². The molecule has 1 aliphatic heterocycles. The van der Waals surface area contributed by atoms with Gasteiger partial charge in [0, 0.05) is 0 Å². The number of aliphatic hydroxyl groups excluding tert-OH is 1. The fraction of sp³-hybridized carbons (Fsp3) is 0.714. The molecule has 11 heavy (non-hydrogen) atoms. The van der Waals surface area contributed by atoms with E-state index >= 15 is 0 Å². The van der Waals surface area contributed by atoms with Crippen molar-refractivity contribution in [1.82, 2.24) is 0 Å². The smallest absolute Gasteiger partial charge is 0.156 e. The van der Waals surface area contributed by atoms with Gasteiger partial charge in [-0.05, 0) is 12.8 Å². The Bertz CT molecular complexity index is 240. The second-order valence-corrected chi connectivity index (χ2v) is 5.00. The van der Waals surface area contributed by atoms with Gasteiger partial charge in [0.2, 0.25) is 0 Å². The van der Waals surface area contributed by atoms with Crippen LogP contribution < -0.4 is 0 Å². The van der Waals surface area contributed by atoms with Gasteiger partial charge in [-0.1, -0.05) is 12.2 Å². The Morgan fingerprint density at radius 3 is 2.73 bits per heavy atom. The Morgan fingerprint density at radius 2 is 2.27 bits per heavy atom. The van der Waals surface area contributed by atoms with Crippen molar-refractivity contribution in [2.24, 2.45) is 0 Å². The van der Waals surface area contributed by atoms with Crippen LogP contribution in [-0.4, -0.2) is 31.1 Å². The van der Waals surface area contributed by atoms with Crippen molar-refractivity contribution in [2.45, 2.75) is 18.1 Å². The molecule has 0 saturated carbocycles. The van der Waals surface area contributed by atoms with Crippen LogP contribution in [0.2, 0.25) is 0 Å². The lowest BCUT2D eigenvalue weighted by molar-refractivity contribution is 0.342. The minimum absolute atomic E-state index is 0.0774. The molecular formula is C7H12O3S. The lowest BCUT2D eigenvalue weighted by atomic mass is 10.2. The van der Waals surface area contributed by atoms with Crippen LogP contribution in [0.5, 0.6) is 0 Å². The molecule has 1 unspecified atom stereocenters. The van der Waals surface area contributed by atoms with Crippen LogP contribution in [0, 0.1) is 0 Å². The fourth-order valence-electron chi connectivity index (χ4n) is 1.25. The summed E-state index contributed by atoms with van der Waals surface area (Å²) in [6.45, 7) is -0.0774. The molecule has 1 aliphatic rings. The molecule has 0 aromatic rings. The van der Waals surface area contributed by atoms with E-state index in [0.29, 0.717) is 12.2 Å². The average molecular weight is 176 g/mol. The summed E-state index contributed by atoms with van der Waals surface area (Å²) in [5.74, 6) is 0.299. The second-order valence-electron chi connectivity index (χ2n) is 2.66. The third kappa shape index (κ3) is 2.04. The Morgan fingerprint density at radius 1 is 1.55 bits per heavy atom. The van der Waals surface area contributed by atoms with E-state index in [1.807, 2.05) is 0 Å². The molecule has 0 spiro atoms. The summed E-state index contributed by atoms with van der Waals surface area (Å²) >= 11 is 0. The third-order valence-corrected chi connectivity index (χ3v) is 4.01. The van der Waals surface area contributed by atoms with Crippen LogP contribution in [0.3, 0.4) is 0 Å². The van der Waals surface area contributed by atoms with Crippen molar-refractivity contribution in [1.29, 1.82) is 0 Å². The molecule has 64 valence electrons. The molecule has 1 fully saturated rings. The van der Waals surface area contributed by atoms with Gasteiger partial charge >= 0.3 is 0 Å². The third-order valence-electron chi connectivity index (χ3n) is 1.83. The highest BCUT2D eigenvalue weighted by molar-refractivity contribution is 7.92. The molecule has 1 rings (SSSR count). The van der Waals surface area contributed by atoms with Gasteiger partial charge in [-0.25, -0.2) is 8.42 Å². The average Bonchev–Trinajstić information content (AvgIpc) is 2.25. The van der Waals surface area contributed by atoms with Crippen LogP contribution >= 0.6 is 0 Å². The predicted molar refractivity (Wildman–Crippen MR) is 43.0 cm³/mol. The van der Waals surface area contributed by atoms with Crippen molar-refractivity contribution in [2.75, 3.05) is 12.4 Å². The first-order valence-electron chi connectivity index (χ1n) is 3.66. The SMILES string of the molecule is O=S1(=O)CCCC1/C=C\CO. The maximum atomic E-state index is 11.1. The molecule has 0 radical (unpaired) electrons. The summed E-state index contributed by atoms with van der Waals surface area (Å²) in [4.78, 5) is 0. The number of hydrogen-bond donors (Lipinski definition) is 1. The van der Waals surface area contributed by atoms with Gasteiger partial charge in [0.1, 0.15) is 0 Å². The highest BCUT2D eigenvalue weighted by Crippen LogP contribution is 2.20. The van der Waals surface area contributed by atoms with Crippen LogP contribution in [0.15, 0.2) is 12.2 Å². The zero-order chi connectivity index (χ0) is 8.32. The molecule has 1 N–H and O–H groups in total. The largest absolute Gasteiger partial charge is 0.392 e. The molecule has 1 heterocycles. The second kappa shape index (κ2) is 3.36. The molecule has 0 aliphatic carbocycles. The van der Waals surface area contributed by atoms with Crippen molar-refractivity contribution in [3.8, 4) is 0 Å². The van der Waals surface area contributed by atoms with Crippen molar-refractivity contribution >= 4 is 9.84 Å². The molecule has 1 saturated heterocycles. The number of hydrogen-bond acceptors (Lipinski definition) is 3. The van der Waals surface area contributed by atoms with E-state index < -0.39 is 9.84 Å². The zero-order valence-corrected chi connectivity index (χ0v) is 7.05. The highest BCUT2D eigenvalue weighted by atomic mass is 32.2. The van der Waals surface area contributed by atoms with Gasteiger partial charge in [0.15, 0.2) is 9.84 Å². The maximum absolute atomic E-state index is 11.1. The van der Waals surface area contributed by atoms with Crippen molar-refractivity contribution in [3.05, 3.63) is 12.2 Å².